The third-order valence-corrected chi connectivity index (χ3v) is 4.35. The van der Waals surface area contributed by atoms with Gasteiger partial charge in [-0.3, -0.25) is 4.79 Å². The summed E-state index contributed by atoms with van der Waals surface area (Å²) in [5, 5.41) is -0.00593. The van der Waals surface area contributed by atoms with Gasteiger partial charge in [0.05, 0.1) is 11.2 Å². The van der Waals surface area contributed by atoms with Gasteiger partial charge in [-0.1, -0.05) is 23.7 Å². The van der Waals surface area contributed by atoms with Crippen LogP contribution in [-0.2, 0) is 9.31 Å². The molecule has 2 rings (SSSR count). The second-order valence-corrected chi connectivity index (χ2v) is 6.56. The fraction of sp³-hybridized carbons (Fsp3) is 0.500. The molecule has 0 N–H and O–H groups in total. The highest BCUT2D eigenvalue weighted by atomic mass is 35.5. The largest absolute Gasteiger partial charge is 0.496 e. The smallest absolute Gasteiger partial charge is 0.399 e. The minimum Gasteiger partial charge on any atom is -0.399 e. The van der Waals surface area contributed by atoms with Gasteiger partial charge in [-0.15, -0.1) is 0 Å². The van der Waals surface area contributed by atoms with E-state index in [1.807, 2.05) is 27.7 Å². The van der Waals surface area contributed by atoms with E-state index >= 15 is 0 Å². The number of hydrogen-bond acceptors (Lipinski definition) is 3. The summed E-state index contributed by atoms with van der Waals surface area (Å²) in [6.07, 6.45) is -4.94. The molecule has 0 spiro atoms. The number of hydrogen-bond donors (Lipinski definition) is 0. The van der Waals surface area contributed by atoms with Crippen LogP contribution in [0.4, 0.5) is 13.2 Å². The van der Waals surface area contributed by atoms with Crippen molar-refractivity contribution >= 4 is 30.0 Å². The van der Waals surface area contributed by atoms with E-state index in [0.29, 0.717) is 5.46 Å². The molecule has 0 saturated carbocycles. The molecule has 1 aliphatic rings. The van der Waals surface area contributed by atoms with Gasteiger partial charge in [-0.25, -0.2) is 0 Å². The average molecular weight is 335 g/mol. The SMILES string of the molecule is CC1(C)OB(c2ccc(C(=O)C(F)(F)F)cc2Cl)OC1(C)C. The van der Waals surface area contributed by atoms with E-state index in [1.54, 1.807) is 0 Å². The Labute approximate surface area is 131 Å². The number of alkyl halides is 3. The topological polar surface area (TPSA) is 35.5 Å². The Bertz CT molecular complexity index is 598. The second kappa shape index (κ2) is 5.25. The zero-order chi connectivity index (χ0) is 16.9. The molecule has 3 nitrogen and oxygen atoms in total. The van der Waals surface area contributed by atoms with Crippen LogP contribution in [0.1, 0.15) is 38.1 Å². The number of halogens is 4. The lowest BCUT2D eigenvalue weighted by molar-refractivity contribution is -0.0885. The number of carbonyl (C=O) groups excluding carboxylic acids is 1. The minimum atomic E-state index is -4.94. The van der Waals surface area contributed by atoms with Crippen LogP contribution in [-0.4, -0.2) is 30.3 Å². The Morgan fingerprint density at radius 2 is 1.64 bits per heavy atom. The van der Waals surface area contributed by atoms with Crippen LogP contribution in [0, 0.1) is 0 Å². The molecule has 1 aliphatic heterocycles. The van der Waals surface area contributed by atoms with Gasteiger partial charge in [0.1, 0.15) is 0 Å². The molecule has 0 atom stereocenters. The van der Waals surface area contributed by atoms with E-state index in [1.165, 1.54) is 6.07 Å². The maximum Gasteiger partial charge on any atom is 0.496 e. The van der Waals surface area contributed by atoms with Crippen molar-refractivity contribution in [2.24, 2.45) is 0 Å². The standard InChI is InChI=1S/C14H15BClF3O3/c1-12(2)13(3,4)22-15(21-12)9-6-5-8(7-10(9)16)11(20)14(17,18)19/h5-7H,1-4H3. The Morgan fingerprint density at radius 1 is 1.14 bits per heavy atom. The monoisotopic (exact) mass is 334 g/mol. The molecule has 1 aromatic carbocycles. The zero-order valence-corrected chi connectivity index (χ0v) is 13.3. The normalized spacial score (nSPS) is 20.3. The third-order valence-electron chi connectivity index (χ3n) is 4.03. The van der Waals surface area contributed by atoms with E-state index in [2.05, 4.69) is 0 Å². The Balaban J connectivity index is 2.31. The minimum absolute atomic E-state index is 0.00593. The predicted molar refractivity (Wildman–Crippen MR) is 77.6 cm³/mol. The second-order valence-electron chi connectivity index (χ2n) is 6.15. The Morgan fingerprint density at radius 3 is 2.05 bits per heavy atom. The van der Waals surface area contributed by atoms with Crippen molar-refractivity contribution in [1.29, 1.82) is 0 Å². The van der Waals surface area contributed by atoms with Crippen molar-refractivity contribution in [2.75, 3.05) is 0 Å². The molecule has 0 aromatic heterocycles. The van der Waals surface area contributed by atoms with Gasteiger partial charge in [0.2, 0.25) is 0 Å². The van der Waals surface area contributed by atoms with E-state index in [0.717, 1.165) is 12.1 Å². The first kappa shape index (κ1) is 17.3. The van der Waals surface area contributed by atoms with Crippen molar-refractivity contribution in [3.05, 3.63) is 28.8 Å². The molecule has 1 saturated heterocycles. The first-order chi connectivity index (χ1) is 9.85. The van der Waals surface area contributed by atoms with Gasteiger partial charge < -0.3 is 9.31 Å². The molecule has 0 bridgehead atoms. The highest BCUT2D eigenvalue weighted by Gasteiger charge is 2.52. The van der Waals surface area contributed by atoms with Crippen molar-refractivity contribution in [3.8, 4) is 0 Å². The molecule has 0 radical (unpaired) electrons. The van der Waals surface area contributed by atoms with Crippen LogP contribution in [0.5, 0.6) is 0 Å². The number of rotatable bonds is 2. The lowest BCUT2D eigenvalue weighted by Gasteiger charge is -2.32. The highest BCUT2D eigenvalue weighted by molar-refractivity contribution is 6.65. The first-order valence-electron chi connectivity index (χ1n) is 6.62. The summed E-state index contributed by atoms with van der Waals surface area (Å²) in [7, 11) is -0.799. The summed E-state index contributed by atoms with van der Waals surface area (Å²) in [6, 6.07) is 3.38. The van der Waals surface area contributed by atoms with Crippen molar-refractivity contribution < 1.29 is 27.3 Å². The third kappa shape index (κ3) is 3.02. The number of ketones is 1. The summed E-state index contributed by atoms with van der Waals surface area (Å²) < 4.78 is 48.9. The van der Waals surface area contributed by atoms with Crippen LogP contribution < -0.4 is 5.46 Å². The van der Waals surface area contributed by atoms with E-state index in [4.69, 9.17) is 20.9 Å². The average Bonchev–Trinajstić information content (AvgIpc) is 2.55. The highest BCUT2D eigenvalue weighted by Crippen LogP contribution is 2.37. The Hall–Kier alpha value is -1.05. The molecule has 0 amide bonds. The molecular formula is C14H15BClF3O3. The van der Waals surface area contributed by atoms with Gasteiger partial charge in [-0.05, 0) is 33.8 Å². The summed E-state index contributed by atoms with van der Waals surface area (Å²) in [5.74, 6) is -1.94. The molecule has 22 heavy (non-hydrogen) atoms. The lowest BCUT2D eigenvalue weighted by Crippen LogP contribution is -2.41. The Kier molecular flexibility index (Phi) is 4.13. The van der Waals surface area contributed by atoms with Crippen molar-refractivity contribution in [2.45, 2.75) is 45.1 Å². The van der Waals surface area contributed by atoms with Gasteiger partial charge >= 0.3 is 13.3 Å². The van der Waals surface area contributed by atoms with E-state index < -0.39 is 35.8 Å². The van der Waals surface area contributed by atoms with Crippen LogP contribution in [0.2, 0.25) is 5.02 Å². The zero-order valence-electron chi connectivity index (χ0n) is 12.5. The number of benzene rings is 1. The van der Waals surface area contributed by atoms with Crippen molar-refractivity contribution in [1.82, 2.24) is 0 Å². The molecule has 8 heteroatoms. The molecule has 1 aromatic rings. The fourth-order valence-electron chi connectivity index (χ4n) is 1.99. The number of Topliss-reactive ketones (excluding diaryl/α,β-unsaturated/α-hetero) is 1. The van der Waals surface area contributed by atoms with Gasteiger partial charge in [0, 0.05) is 16.0 Å². The summed E-state index contributed by atoms with van der Waals surface area (Å²) >= 11 is 6.01. The van der Waals surface area contributed by atoms with E-state index in [9.17, 15) is 18.0 Å². The van der Waals surface area contributed by atoms with Crippen LogP contribution in [0.15, 0.2) is 18.2 Å². The van der Waals surface area contributed by atoms with Gasteiger partial charge in [-0.2, -0.15) is 13.2 Å². The summed E-state index contributed by atoms with van der Waals surface area (Å²) in [6.45, 7) is 7.40. The maximum atomic E-state index is 12.4. The fourth-order valence-corrected chi connectivity index (χ4v) is 2.26. The van der Waals surface area contributed by atoms with Crippen LogP contribution >= 0.6 is 11.6 Å². The first-order valence-corrected chi connectivity index (χ1v) is 6.99. The summed E-state index contributed by atoms with van der Waals surface area (Å²) in [4.78, 5) is 11.2. The molecule has 0 unspecified atom stereocenters. The van der Waals surface area contributed by atoms with Crippen molar-refractivity contribution in [3.63, 3.8) is 0 Å². The van der Waals surface area contributed by atoms with Crippen LogP contribution in [0.3, 0.4) is 0 Å². The molecule has 120 valence electrons. The predicted octanol–water partition coefficient (Wildman–Crippen LogP) is 3.38. The molecule has 0 aliphatic carbocycles. The van der Waals surface area contributed by atoms with Gasteiger partial charge in [0.15, 0.2) is 0 Å². The van der Waals surface area contributed by atoms with E-state index in [-0.39, 0.29) is 5.02 Å². The lowest BCUT2D eigenvalue weighted by atomic mass is 9.78. The quantitative estimate of drug-likeness (QED) is 0.614. The number of carbonyl (C=O) groups is 1. The molecule has 1 heterocycles. The molecular weight excluding hydrogens is 319 g/mol. The molecule has 1 fully saturated rings. The maximum absolute atomic E-state index is 12.4. The van der Waals surface area contributed by atoms with Crippen LogP contribution in [0.25, 0.3) is 0 Å². The summed E-state index contributed by atoms with van der Waals surface area (Å²) in [5.41, 5.74) is -1.32. The van der Waals surface area contributed by atoms with Gasteiger partial charge in [0.25, 0.3) is 5.78 Å².